The van der Waals surface area contributed by atoms with Gasteiger partial charge in [0.15, 0.2) is 0 Å². The van der Waals surface area contributed by atoms with Gasteiger partial charge in [0.2, 0.25) is 0 Å². The summed E-state index contributed by atoms with van der Waals surface area (Å²) in [5, 5.41) is 4.16. The van der Waals surface area contributed by atoms with Gasteiger partial charge in [0.25, 0.3) is 5.91 Å². The number of pyridine rings is 2. The van der Waals surface area contributed by atoms with Crippen LogP contribution in [0.5, 0.6) is 5.75 Å². The first-order chi connectivity index (χ1) is 14.2. The van der Waals surface area contributed by atoms with E-state index in [1.165, 1.54) is 0 Å². The van der Waals surface area contributed by atoms with Crippen LogP contribution < -0.4 is 10.1 Å². The smallest absolute Gasteiger partial charge is 0.268 e. The van der Waals surface area contributed by atoms with Crippen molar-refractivity contribution < 1.29 is 9.53 Å². The first kappa shape index (κ1) is 17.4. The van der Waals surface area contributed by atoms with E-state index in [0.29, 0.717) is 30.1 Å². The number of H-pyrrole nitrogens is 1. The Morgan fingerprint density at radius 1 is 1.10 bits per heavy atom. The van der Waals surface area contributed by atoms with E-state index in [9.17, 15) is 4.79 Å². The first-order valence-corrected chi connectivity index (χ1v) is 9.57. The molecule has 144 valence electrons. The van der Waals surface area contributed by atoms with Gasteiger partial charge in [0.05, 0.1) is 6.61 Å². The average Bonchev–Trinajstić information content (AvgIpc) is 3.19. The Balaban J connectivity index is 1.61. The topological polar surface area (TPSA) is 79.9 Å². The van der Waals surface area contributed by atoms with Gasteiger partial charge in [0.1, 0.15) is 28.3 Å². The third-order valence-corrected chi connectivity index (χ3v) is 5.42. The highest BCUT2D eigenvalue weighted by molar-refractivity contribution is 5.98. The second-order valence-corrected chi connectivity index (χ2v) is 7.30. The number of fused-ring (bicyclic) bond motifs is 2. The Bertz CT molecular complexity index is 1170. The van der Waals surface area contributed by atoms with Crippen molar-refractivity contribution in [2.45, 2.75) is 18.9 Å². The fraction of sp³-hybridized carbons (Fsp3) is 0.174. The van der Waals surface area contributed by atoms with Crippen LogP contribution in [0.15, 0.2) is 67.0 Å². The molecule has 1 aliphatic rings. The molecule has 1 atom stereocenters. The van der Waals surface area contributed by atoms with E-state index in [0.717, 1.165) is 22.2 Å². The summed E-state index contributed by atoms with van der Waals surface area (Å²) < 4.78 is 5.83. The molecule has 6 heteroatoms. The van der Waals surface area contributed by atoms with Crippen LogP contribution in [0.25, 0.3) is 11.0 Å². The maximum absolute atomic E-state index is 13.3. The molecule has 3 aromatic heterocycles. The number of aromatic amines is 1. The molecule has 0 radical (unpaired) electrons. The summed E-state index contributed by atoms with van der Waals surface area (Å²) in [6.45, 7) is 2.53. The second kappa shape index (κ2) is 6.74. The highest BCUT2D eigenvalue weighted by Crippen LogP contribution is 2.40. The van der Waals surface area contributed by atoms with E-state index in [1.807, 2.05) is 61.5 Å². The summed E-state index contributed by atoms with van der Waals surface area (Å²) in [5.74, 6) is 0.486. The van der Waals surface area contributed by atoms with Crippen molar-refractivity contribution in [2.75, 3.05) is 6.61 Å². The molecule has 1 amide bonds. The minimum Gasteiger partial charge on any atom is -0.491 e. The number of nitrogens with one attached hydrogen (secondary N) is 2. The Hall–Kier alpha value is -3.67. The van der Waals surface area contributed by atoms with Crippen molar-refractivity contribution in [1.29, 1.82) is 0 Å². The molecule has 6 nitrogen and oxygen atoms in total. The fourth-order valence-corrected chi connectivity index (χ4v) is 3.91. The molecule has 5 rings (SSSR count). The van der Waals surface area contributed by atoms with E-state index < -0.39 is 5.54 Å². The monoisotopic (exact) mass is 384 g/mol. The van der Waals surface area contributed by atoms with Crippen molar-refractivity contribution in [1.82, 2.24) is 20.3 Å². The molecule has 1 aliphatic heterocycles. The molecule has 0 unspecified atom stereocenters. The number of amides is 1. The third kappa shape index (κ3) is 2.93. The zero-order valence-corrected chi connectivity index (χ0v) is 16.0. The predicted octanol–water partition coefficient (Wildman–Crippen LogP) is 3.72. The van der Waals surface area contributed by atoms with Gasteiger partial charge in [0, 0.05) is 24.2 Å². The quantitative estimate of drug-likeness (QED) is 0.564. The van der Waals surface area contributed by atoms with Crippen molar-refractivity contribution in [2.24, 2.45) is 0 Å². The van der Waals surface area contributed by atoms with Gasteiger partial charge in [-0.2, -0.15) is 0 Å². The summed E-state index contributed by atoms with van der Waals surface area (Å²) in [4.78, 5) is 25.3. The molecule has 0 aliphatic carbocycles. The molecule has 1 aromatic carbocycles. The minimum absolute atomic E-state index is 0.206. The van der Waals surface area contributed by atoms with Crippen LogP contribution in [0.3, 0.4) is 0 Å². The van der Waals surface area contributed by atoms with Crippen LogP contribution in [0.4, 0.5) is 0 Å². The van der Waals surface area contributed by atoms with Crippen molar-refractivity contribution in [3.63, 3.8) is 0 Å². The Morgan fingerprint density at radius 3 is 2.72 bits per heavy atom. The molecular weight excluding hydrogens is 364 g/mol. The molecule has 4 heterocycles. The molecule has 4 aromatic rings. The number of benzene rings is 1. The number of carbonyl (C=O) groups excluding carboxylic acids is 1. The second-order valence-electron chi connectivity index (χ2n) is 7.30. The number of nitrogens with zero attached hydrogens (tertiary/aromatic N) is 2. The van der Waals surface area contributed by atoms with Gasteiger partial charge in [-0.3, -0.25) is 9.78 Å². The Labute approximate surface area is 168 Å². The lowest BCUT2D eigenvalue weighted by molar-refractivity contribution is 0.0879. The Kier molecular flexibility index (Phi) is 4.05. The maximum atomic E-state index is 13.3. The van der Waals surface area contributed by atoms with Crippen LogP contribution >= 0.6 is 0 Å². The molecular formula is C23H20N4O2. The molecule has 0 bridgehead atoms. The zero-order valence-electron chi connectivity index (χ0n) is 16.0. The predicted molar refractivity (Wildman–Crippen MR) is 110 cm³/mol. The van der Waals surface area contributed by atoms with E-state index in [2.05, 4.69) is 20.3 Å². The molecule has 0 saturated heterocycles. The van der Waals surface area contributed by atoms with Gasteiger partial charge in [-0.1, -0.05) is 29.8 Å². The van der Waals surface area contributed by atoms with E-state index in [1.54, 1.807) is 12.4 Å². The lowest BCUT2D eigenvalue weighted by Gasteiger charge is -2.38. The number of hydrogen-bond donors (Lipinski definition) is 2. The van der Waals surface area contributed by atoms with Gasteiger partial charge in [-0.25, -0.2) is 4.98 Å². The van der Waals surface area contributed by atoms with Crippen LogP contribution in [0.1, 0.15) is 33.7 Å². The SMILES string of the molecule is Cc1ccc([C@@]2(NC(=O)c3cc4cccnc4[nH]3)CCOc3cccnc32)cc1. The van der Waals surface area contributed by atoms with Crippen molar-refractivity contribution in [3.8, 4) is 5.75 Å². The van der Waals surface area contributed by atoms with Gasteiger partial charge < -0.3 is 15.0 Å². The van der Waals surface area contributed by atoms with Crippen molar-refractivity contribution in [3.05, 3.63) is 89.5 Å². The lowest BCUT2D eigenvalue weighted by Crippen LogP contribution is -2.50. The molecule has 29 heavy (non-hydrogen) atoms. The van der Waals surface area contributed by atoms with E-state index >= 15 is 0 Å². The summed E-state index contributed by atoms with van der Waals surface area (Å²) in [5.41, 5.74) is 3.24. The van der Waals surface area contributed by atoms with Crippen LogP contribution in [-0.2, 0) is 5.54 Å². The fourth-order valence-electron chi connectivity index (χ4n) is 3.91. The van der Waals surface area contributed by atoms with Crippen LogP contribution in [-0.4, -0.2) is 27.5 Å². The van der Waals surface area contributed by atoms with Gasteiger partial charge in [-0.05, 0) is 42.8 Å². The summed E-state index contributed by atoms with van der Waals surface area (Å²) in [6, 6.07) is 17.5. The van der Waals surface area contributed by atoms with Crippen LogP contribution in [0, 0.1) is 6.92 Å². The molecule has 0 saturated carbocycles. The normalized spacial score (nSPS) is 18.1. The highest BCUT2D eigenvalue weighted by Gasteiger charge is 2.42. The summed E-state index contributed by atoms with van der Waals surface area (Å²) in [6.07, 6.45) is 4.02. The molecule has 2 N–H and O–H groups in total. The highest BCUT2D eigenvalue weighted by atomic mass is 16.5. The summed E-state index contributed by atoms with van der Waals surface area (Å²) >= 11 is 0. The number of hydrogen-bond acceptors (Lipinski definition) is 4. The molecule has 0 spiro atoms. The number of carbonyl (C=O) groups is 1. The first-order valence-electron chi connectivity index (χ1n) is 9.57. The van der Waals surface area contributed by atoms with E-state index in [-0.39, 0.29) is 5.91 Å². The Morgan fingerprint density at radius 2 is 1.90 bits per heavy atom. The molecule has 0 fully saturated rings. The minimum atomic E-state index is -0.773. The summed E-state index contributed by atoms with van der Waals surface area (Å²) in [7, 11) is 0. The standard InChI is InChI=1S/C23H20N4O2/c1-15-6-8-17(9-7-15)23(10-13-29-19-5-3-11-24-20(19)23)27-22(28)18-14-16-4-2-12-25-21(16)26-18/h2-9,11-12,14H,10,13H2,1H3,(H,25,26)(H,27,28)/t23-/m0/s1. The number of aryl methyl sites for hydroxylation is 1. The lowest BCUT2D eigenvalue weighted by atomic mass is 9.81. The average molecular weight is 384 g/mol. The maximum Gasteiger partial charge on any atom is 0.268 e. The van der Waals surface area contributed by atoms with Gasteiger partial charge in [-0.15, -0.1) is 0 Å². The number of aromatic nitrogens is 3. The number of rotatable bonds is 3. The zero-order chi connectivity index (χ0) is 19.8. The van der Waals surface area contributed by atoms with Gasteiger partial charge >= 0.3 is 0 Å². The third-order valence-electron chi connectivity index (χ3n) is 5.42. The largest absolute Gasteiger partial charge is 0.491 e. The van der Waals surface area contributed by atoms with Crippen molar-refractivity contribution >= 4 is 16.9 Å². The van der Waals surface area contributed by atoms with E-state index in [4.69, 9.17) is 4.74 Å². The number of ether oxygens (including phenoxy) is 1. The van der Waals surface area contributed by atoms with Crippen LogP contribution in [0.2, 0.25) is 0 Å².